The normalized spacial score (nSPS) is 17.8. The van der Waals surface area contributed by atoms with E-state index >= 15 is 0 Å². The Hall–Kier alpha value is -2.31. The smallest absolute Gasteiger partial charge is 0.411 e. The van der Waals surface area contributed by atoms with Gasteiger partial charge in [-0.3, -0.25) is 9.69 Å². The minimum Gasteiger partial charge on any atom is -0.461 e. The number of hydrogen-bond donors (Lipinski definition) is 1. The van der Waals surface area contributed by atoms with Gasteiger partial charge in [0.05, 0.1) is 6.61 Å². The third-order valence-corrected chi connectivity index (χ3v) is 3.54. The van der Waals surface area contributed by atoms with Gasteiger partial charge < -0.3 is 14.8 Å². The second-order valence-electron chi connectivity index (χ2n) is 6.72. The predicted molar refractivity (Wildman–Crippen MR) is 93.6 cm³/mol. The quantitative estimate of drug-likeness (QED) is 0.467. The van der Waals surface area contributed by atoms with Gasteiger partial charge in [0.1, 0.15) is 17.3 Å². The van der Waals surface area contributed by atoms with Gasteiger partial charge in [-0.05, 0) is 46.6 Å². The Balaban J connectivity index is 2.91. The Morgan fingerprint density at radius 3 is 2.40 bits per heavy atom. The molecular formula is C18H28N2O5. The number of rotatable bonds is 5. The summed E-state index contributed by atoms with van der Waals surface area (Å²) in [7, 11) is 0. The standard InChI is InChI=1S/C18H28N2O5/c1-7-12(3)14(16(22)24-8-2)19-15(21)13-10-9-11-20(13)17(23)25-18(4,5)6/h9-10,13H,7-8,11H2,1-6H3,(H,19,21)/b14-12+/t13-/m0/s1. The lowest BCUT2D eigenvalue weighted by atomic mass is 10.1. The molecule has 25 heavy (non-hydrogen) atoms. The molecule has 1 aliphatic rings. The summed E-state index contributed by atoms with van der Waals surface area (Å²) >= 11 is 0. The summed E-state index contributed by atoms with van der Waals surface area (Å²) < 4.78 is 10.3. The molecule has 0 fully saturated rings. The van der Waals surface area contributed by atoms with E-state index in [1.54, 1.807) is 46.8 Å². The van der Waals surface area contributed by atoms with Crippen LogP contribution in [-0.4, -0.2) is 47.7 Å². The maximum Gasteiger partial charge on any atom is 0.411 e. The molecular weight excluding hydrogens is 324 g/mol. The fourth-order valence-corrected chi connectivity index (χ4v) is 2.17. The lowest BCUT2D eigenvalue weighted by Gasteiger charge is -2.28. The topological polar surface area (TPSA) is 84.9 Å². The molecule has 0 saturated heterocycles. The number of carbonyl (C=O) groups is 3. The highest BCUT2D eigenvalue weighted by atomic mass is 16.6. The maximum atomic E-state index is 12.6. The number of ether oxygens (including phenoxy) is 2. The molecule has 1 N–H and O–H groups in total. The highest BCUT2D eigenvalue weighted by Gasteiger charge is 2.34. The molecule has 0 aromatic carbocycles. The third-order valence-electron chi connectivity index (χ3n) is 3.54. The summed E-state index contributed by atoms with van der Waals surface area (Å²) in [5.74, 6) is -1.06. The summed E-state index contributed by atoms with van der Waals surface area (Å²) in [5, 5.41) is 2.61. The second kappa shape index (κ2) is 8.69. The van der Waals surface area contributed by atoms with E-state index in [0.717, 1.165) is 0 Å². The number of allylic oxidation sites excluding steroid dienone is 1. The fourth-order valence-electron chi connectivity index (χ4n) is 2.17. The average molecular weight is 352 g/mol. The monoisotopic (exact) mass is 352 g/mol. The van der Waals surface area contributed by atoms with Gasteiger partial charge in [-0.1, -0.05) is 19.1 Å². The molecule has 2 amide bonds. The molecule has 0 unspecified atom stereocenters. The fraction of sp³-hybridized carbons (Fsp3) is 0.611. The van der Waals surface area contributed by atoms with Crippen LogP contribution >= 0.6 is 0 Å². The number of nitrogens with one attached hydrogen (secondary N) is 1. The van der Waals surface area contributed by atoms with Crippen LogP contribution in [0.15, 0.2) is 23.4 Å². The van der Waals surface area contributed by atoms with Crippen molar-refractivity contribution in [2.45, 2.75) is 59.6 Å². The largest absolute Gasteiger partial charge is 0.461 e. The van der Waals surface area contributed by atoms with Crippen LogP contribution in [0.2, 0.25) is 0 Å². The molecule has 1 atom stereocenters. The van der Waals surface area contributed by atoms with Gasteiger partial charge in [0, 0.05) is 6.54 Å². The number of hydrogen-bond acceptors (Lipinski definition) is 5. The molecule has 1 rings (SSSR count). The van der Waals surface area contributed by atoms with E-state index in [-0.39, 0.29) is 18.8 Å². The van der Waals surface area contributed by atoms with Crippen LogP contribution in [0.5, 0.6) is 0 Å². The van der Waals surface area contributed by atoms with E-state index in [1.807, 2.05) is 6.92 Å². The SMILES string of the molecule is CCOC(=O)/C(NC(=O)[C@@H]1C=CCN1C(=O)OC(C)(C)C)=C(/C)CC. The highest BCUT2D eigenvalue weighted by Crippen LogP contribution is 2.17. The van der Waals surface area contributed by atoms with Crippen LogP contribution in [0.4, 0.5) is 4.79 Å². The zero-order valence-electron chi connectivity index (χ0n) is 15.8. The second-order valence-corrected chi connectivity index (χ2v) is 6.72. The zero-order valence-corrected chi connectivity index (χ0v) is 15.8. The number of amides is 2. The van der Waals surface area contributed by atoms with E-state index in [4.69, 9.17) is 9.47 Å². The maximum absolute atomic E-state index is 12.6. The first-order valence-corrected chi connectivity index (χ1v) is 8.44. The molecule has 7 heteroatoms. The summed E-state index contributed by atoms with van der Waals surface area (Å²) in [6.45, 7) is 11.1. The van der Waals surface area contributed by atoms with Crippen molar-refractivity contribution in [1.82, 2.24) is 10.2 Å². The Labute approximate surface area is 149 Å². The predicted octanol–water partition coefficient (Wildman–Crippen LogP) is 2.53. The van der Waals surface area contributed by atoms with Gasteiger partial charge in [0.2, 0.25) is 0 Å². The van der Waals surface area contributed by atoms with E-state index < -0.39 is 29.6 Å². The van der Waals surface area contributed by atoms with Gasteiger partial charge in [0.25, 0.3) is 5.91 Å². The van der Waals surface area contributed by atoms with Crippen LogP contribution in [0.3, 0.4) is 0 Å². The zero-order chi connectivity index (χ0) is 19.2. The lowest BCUT2D eigenvalue weighted by Crippen LogP contribution is -2.48. The minimum absolute atomic E-state index is 0.124. The van der Waals surface area contributed by atoms with E-state index in [2.05, 4.69) is 5.32 Å². The Kier molecular flexibility index (Phi) is 7.21. The summed E-state index contributed by atoms with van der Waals surface area (Å²) in [4.78, 5) is 38.3. The molecule has 0 saturated carbocycles. The molecule has 140 valence electrons. The Morgan fingerprint density at radius 1 is 1.24 bits per heavy atom. The molecule has 0 aromatic heterocycles. The van der Waals surface area contributed by atoms with Crippen molar-refractivity contribution in [3.8, 4) is 0 Å². The Bertz CT molecular complexity index is 587. The van der Waals surface area contributed by atoms with Crippen molar-refractivity contribution in [2.75, 3.05) is 13.2 Å². The molecule has 0 spiro atoms. The molecule has 7 nitrogen and oxygen atoms in total. The lowest BCUT2D eigenvalue weighted by molar-refractivity contribution is -0.140. The van der Waals surface area contributed by atoms with Gasteiger partial charge in [-0.2, -0.15) is 0 Å². The summed E-state index contributed by atoms with van der Waals surface area (Å²) in [5.41, 5.74) is 0.173. The minimum atomic E-state index is -0.830. The summed E-state index contributed by atoms with van der Waals surface area (Å²) in [6.07, 6.45) is 3.34. The van der Waals surface area contributed by atoms with Crippen molar-refractivity contribution < 1.29 is 23.9 Å². The summed E-state index contributed by atoms with van der Waals surface area (Å²) in [6, 6.07) is -0.830. The van der Waals surface area contributed by atoms with E-state index in [9.17, 15) is 14.4 Å². The van der Waals surface area contributed by atoms with Gasteiger partial charge >= 0.3 is 12.1 Å². The molecule has 1 aliphatic heterocycles. The first-order chi connectivity index (χ1) is 11.6. The van der Waals surface area contributed by atoms with Crippen molar-refractivity contribution in [2.24, 2.45) is 0 Å². The van der Waals surface area contributed by atoms with E-state index in [0.29, 0.717) is 12.0 Å². The molecule has 0 aliphatic carbocycles. The van der Waals surface area contributed by atoms with Crippen LogP contribution in [-0.2, 0) is 19.1 Å². The van der Waals surface area contributed by atoms with Crippen molar-refractivity contribution >= 4 is 18.0 Å². The van der Waals surface area contributed by atoms with Gasteiger partial charge in [-0.25, -0.2) is 9.59 Å². The number of carbonyl (C=O) groups excluding carboxylic acids is 3. The molecule has 1 heterocycles. The molecule has 0 radical (unpaired) electrons. The van der Waals surface area contributed by atoms with Gasteiger partial charge in [-0.15, -0.1) is 0 Å². The Morgan fingerprint density at radius 2 is 1.88 bits per heavy atom. The van der Waals surface area contributed by atoms with E-state index in [1.165, 1.54) is 4.90 Å². The number of nitrogens with zero attached hydrogens (tertiary/aromatic N) is 1. The highest BCUT2D eigenvalue weighted by molar-refractivity contribution is 5.97. The first kappa shape index (κ1) is 20.7. The van der Waals surface area contributed by atoms with Crippen LogP contribution in [0.25, 0.3) is 0 Å². The van der Waals surface area contributed by atoms with Crippen molar-refractivity contribution in [3.63, 3.8) is 0 Å². The third kappa shape index (κ3) is 5.92. The van der Waals surface area contributed by atoms with Gasteiger partial charge in [0.15, 0.2) is 0 Å². The van der Waals surface area contributed by atoms with Crippen molar-refractivity contribution in [3.05, 3.63) is 23.4 Å². The van der Waals surface area contributed by atoms with Crippen LogP contribution < -0.4 is 5.32 Å². The van der Waals surface area contributed by atoms with Crippen LogP contribution in [0.1, 0.15) is 48.0 Å². The van der Waals surface area contributed by atoms with Crippen LogP contribution in [0, 0.1) is 0 Å². The molecule has 0 aromatic rings. The number of esters is 1. The molecule has 0 bridgehead atoms. The van der Waals surface area contributed by atoms with Crippen molar-refractivity contribution in [1.29, 1.82) is 0 Å². The first-order valence-electron chi connectivity index (χ1n) is 8.44. The average Bonchev–Trinajstić information content (AvgIpc) is 3.00.